The van der Waals surface area contributed by atoms with Crippen molar-refractivity contribution in [1.82, 2.24) is 9.80 Å². The van der Waals surface area contributed by atoms with E-state index >= 15 is 0 Å². The van der Waals surface area contributed by atoms with Crippen LogP contribution >= 0.6 is 0 Å². The average Bonchev–Trinajstić information content (AvgIpc) is 2.98. The van der Waals surface area contributed by atoms with E-state index in [1.54, 1.807) is 12.1 Å². The Balaban J connectivity index is 1.89. The molecule has 2 unspecified atom stereocenters. The molecule has 47 heavy (non-hydrogen) atoms. The minimum absolute atomic E-state index is 0.157. The van der Waals surface area contributed by atoms with Crippen LogP contribution in [0.3, 0.4) is 0 Å². The number of benzene rings is 1. The van der Waals surface area contributed by atoms with Gasteiger partial charge in [0.2, 0.25) is 5.91 Å². The molecule has 1 amide bonds. The molecule has 0 bridgehead atoms. The second kappa shape index (κ2) is 13.1. The van der Waals surface area contributed by atoms with E-state index in [0.29, 0.717) is 11.1 Å². The SMILES string of the molecule is COC(CN(Cc1ccc(O)c2c1C[C@@]1(N)C[C@@]3(N)[C@H](N(C)C)C(=O)C(C(N)=O)C(=O)[C@@]3(C#N)C(=O)C1C2=O)CC(OC)OC)OC. The van der Waals surface area contributed by atoms with Crippen LogP contribution in [0.25, 0.3) is 0 Å². The molecule has 2 saturated carbocycles. The molecule has 6 atom stereocenters. The first kappa shape index (κ1) is 36.2. The number of phenolic OH excluding ortho intramolecular Hbond substituents is 1. The van der Waals surface area contributed by atoms with Gasteiger partial charge in [-0.2, -0.15) is 5.26 Å². The van der Waals surface area contributed by atoms with Gasteiger partial charge in [0.1, 0.15) is 11.7 Å². The van der Waals surface area contributed by atoms with Crippen LogP contribution in [-0.2, 0) is 51.1 Å². The number of ketones is 4. The zero-order valence-corrected chi connectivity index (χ0v) is 27.3. The maximum Gasteiger partial charge on any atom is 0.235 e. The lowest BCUT2D eigenvalue weighted by atomic mass is 9.42. The number of aromatic hydroxyl groups is 1. The summed E-state index contributed by atoms with van der Waals surface area (Å²) in [7, 11) is 8.81. The van der Waals surface area contributed by atoms with Gasteiger partial charge in [-0.25, -0.2) is 0 Å². The first-order valence-electron chi connectivity index (χ1n) is 14.8. The third-order valence-corrected chi connectivity index (χ3v) is 9.83. The van der Waals surface area contributed by atoms with Crippen LogP contribution in [0.4, 0.5) is 0 Å². The number of Topliss-reactive ketones (excluding diaryl/α,β-unsaturated/α-hetero) is 4. The lowest BCUT2D eigenvalue weighted by Crippen LogP contribution is -2.85. The lowest BCUT2D eigenvalue weighted by Gasteiger charge is -2.60. The number of rotatable bonds is 12. The number of methoxy groups -OCH3 is 4. The van der Waals surface area contributed by atoms with E-state index in [4.69, 9.17) is 36.1 Å². The van der Waals surface area contributed by atoms with Crippen molar-refractivity contribution < 1.29 is 48.0 Å². The number of nitriles is 1. The molecule has 1 aromatic rings. The molecule has 7 N–H and O–H groups in total. The molecule has 0 saturated heterocycles. The molecule has 0 spiro atoms. The normalized spacial score (nSPS) is 30.5. The van der Waals surface area contributed by atoms with E-state index in [1.165, 1.54) is 53.5 Å². The summed E-state index contributed by atoms with van der Waals surface area (Å²) in [5.41, 5.74) is 13.1. The van der Waals surface area contributed by atoms with Gasteiger partial charge in [0.05, 0.1) is 36.3 Å². The lowest BCUT2D eigenvalue weighted by molar-refractivity contribution is -0.166. The number of phenols is 1. The highest BCUT2D eigenvalue weighted by atomic mass is 16.7. The van der Waals surface area contributed by atoms with Gasteiger partial charge < -0.3 is 41.3 Å². The molecule has 1 aromatic carbocycles. The van der Waals surface area contributed by atoms with Crippen molar-refractivity contribution in [3.8, 4) is 11.8 Å². The Morgan fingerprint density at radius 3 is 2.04 bits per heavy atom. The number of amides is 1. The second-order valence-electron chi connectivity index (χ2n) is 12.7. The highest BCUT2D eigenvalue weighted by Crippen LogP contribution is 2.56. The number of hydrogen-bond donors (Lipinski definition) is 4. The van der Waals surface area contributed by atoms with E-state index in [1.807, 2.05) is 4.90 Å². The van der Waals surface area contributed by atoms with Crippen molar-refractivity contribution in [2.75, 3.05) is 55.6 Å². The zero-order chi connectivity index (χ0) is 35.2. The molecule has 3 aliphatic rings. The molecule has 0 aliphatic heterocycles. The summed E-state index contributed by atoms with van der Waals surface area (Å²) in [6.45, 7) is 0.632. The number of primary amides is 1. The highest BCUT2D eigenvalue weighted by Gasteiger charge is 2.78. The first-order chi connectivity index (χ1) is 22.0. The van der Waals surface area contributed by atoms with Crippen molar-refractivity contribution in [2.24, 2.45) is 34.5 Å². The van der Waals surface area contributed by atoms with Crippen LogP contribution in [0.5, 0.6) is 5.75 Å². The van der Waals surface area contributed by atoms with E-state index in [-0.39, 0.29) is 31.6 Å². The van der Waals surface area contributed by atoms with Gasteiger partial charge >= 0.3 is 0 Å². The third-order valence-electron chi connectivity index (χ3n) is 9.83. The number of likely N-dealkylation sites (N-methyl/N-ethyl adjacent to an activating group) is 1. The van der Waals surface area contributed by atoms with Gasteiger partial charge in [0.15, 0.2) is 47.0 Å². The minimum atomic E-state index is -2.81. The number of carbonyl (C=O) groups excluding carboxylic acids is 5. The fourth-order valence-electron chi connectivity index (χ4n) is 7.77. The van der Waals surface area contributed by atoms with Crippen LogP contribution < -0.4 is 17.2 Å². The number of nitrogens with two attached hydrogens (primary N) is 3. The predicted molar refractivity (Wildman–Crippen MR) is 162 cm³/mol. The van der Waals surface area contributed by atoms with Crippen LogP contribution in [0.2, 0.25) is 0 Å². The van der Waals surface area contributed by atoms with Crippen molar-refractivity contribution in [2.45, 2.75) is 49.1 Å². The van der Waals surface area contributed by atoms with Crippen LogP contribution in [0, 0.1) is 28.6 Å². The first-order valence-corrected chi connectivity index (χ1v) is 14.8. The topological polar surface area (TPSA) is 251 Å². The molecular formula is C31H42N6O10. The number of fused-ring (bicyclic) bond motifs is 3. The second-order valence-corrected chi connectivity index (χ2v) is 12.7. The molecule has 2 fully saturated rings. The van der Waals surface area contributed by atoms with Gasteiger partial charge in [-0.1, -0.05) is 6.07 Å². The van der Waals surface area contributed by atoms with Crippen molar-refractivity contribution in [3.63, 3.8) is 0 Å². The fraction of sp³-hybridized carbons (Fsp3) is 0.613. The Bertz CT molecular complexity index is 1510. The van der Waals surface area contributed by atoms with E-state index < -0.39 is 88.2 Å². The van der Waals surface area contributed by atoms with E-state index in [9.17, 15) is 34.3 Å². The summed E-state index contributed by atoms with van der Waals surface area (Å²) >= 11 is 0. The molecule has 0 radical (unpaired) electrons. The maximum atomic E-state index is 14.5. The number of ether oxygens (including phenoxy) is 4. The van der Waals surface area contributed by atoms with E-state index in [2.05, 4.69) is 0 Å². The highest BCUT2D eigenvalue weighted by molar-refractivity contribution is 6.33. The molecule has 3 aliphatic carbocycles. The summed E-state index contributed by atoms with van der Waals surface area (Å²) in [6, 6.07) is 3.12. The molecular weight excluding hydrogens is 616 g/mol. The van der Waals surface area contributed by atoms with Crippen molar-refractivity contribution >= 4 is 29.0 Å². The van der Waals surface area contributed by atoms with Gasteiger partial charge in [0.25, 0.3) is 0 Å². The largest absolute Gasteiger partial charge is 0.507 e. The maximum absolute atomic E-state index is 14.5. The number of nitrogens with zero attached hydrogens (tertiary/aromatic N) is 3. The van der Waals surface area contributed by atoms with Gasteiger partial charge in [-0.3, -0.25) is 33.8 Å². The van der Waals surface area contributed by atoms with Gasteiger partial charge in [-0.05, 0) is 44.1 Å². The zero-order valence-electron chi connectivity index (χ0n) is 27.3. The summed E-state index contributed by atoms with van der Waals surface area (Å²) in [6.07, 6.45) is -2.00. The standard InChI is InChI=1S/C31H42N6O10/c1-36(2)25-24(40)21(28(33)43)26(41)30(14-32)27(42)22-23(39)20-16(9-29(22,34)13-31(25,30)35)15(7-8-17(20)38)10-37(11-18(44-3)45-4)12-19(46-5)47-6/h7-8,18-19,21-22,25,38H,9-13,34-35H2,1-6H3,(H2,33,43)/t21?,22?,25-,29-,30+,31-/m1/s1. The molecule has 0 aromatic heterocycles. The molecule has 256 valence electrons. The smallest absolute Gasteiger partial charge is 0.235 e. The summed E-state index contributed by atoms with van der Waals surface area (Å²) in [5, 5.41) is 21.5. The van der Waals surface area contributed by atoms with Crippen molar-refractivity contribution in [3.05, 3.63) is 28.8 Å². The Hall–Kier alpha value is -3.66. The van der Waals surface area contributed by atoms with Crippen LogP contribution in [0.1, 0.15) is 27.9 Å². The molecule has 4 rings (SSSR count). The Morgan fingerprint density at radius 2 is 1.57 bits per heavy atom. The van der Waals surface area contributed by atoms with Gasteiger partial charge in [-0.15, -0.1) is 0 Å². The molecule has 16 nitrogen and oxygen atoms in total. The third kappa shape index (κ3) is 5.46. The predicted octanol–water partition coefficient (Wildman–Crippen LogP) is -2.15. The minimum Gasteiger partial charge on any atom is -0.507 e. The van der Waals surface area contributed by atoms with Crippen LogP contribution in [0.15, 0.2) is 12.1 Å². The van der Waals surface area contributed by atoms with Gasteiger partial charge in [0, 0.05) is 40.5 Å². The number of carbonyl (C=O) groups is 5. The summed E-state index contributed by atoms with van der Waals surface area (Å²) in [5.74, 6) is -10.2. The Morgan fingerprint density at radius 1 is 1.02 bits per heavy atom. The van der Waals surface area contributed by atoms with E-state index in [0.717, 1.165) is 0 Å². The quantitative estimate of drug-likeness (QED) is 0.138. The Labute approximate surface area is 272 Å². The Kier molecular flexibility index (Phi) is 10.1. The molecule has 0 heterocycles. The fourth-order valence-corrected chi connectivity index (χ4v) is 7.77. The van der Waals surface area contributed by atoms with Crippen LogP contribution in [-0.4, -0.2) is 129 Å². The molecule has 16 heteroatoms. The van der Waals surface area contributed by atoms with Crippen molar-refractivity contribution in [1.29, 1.82) is 5.26 Å². The average molecular weight is 659 g/mol. The summed E-state index contributed by atoms with van der Waals surface area (Å²) < 4.78 is 21.6. The monoisotopic (exact) mass is 658 g/mol. The number of hydrogen-bond acceptors (Lipinski definition) is 15. The summed E-state index contributed by atoms with van der Waals surface area (Å²) in [4.78, 5) is 71.9.